The number of benzene rings is 2. The van der Waals surface area contributed by atoms with Crippen LogP contribution in [-0.2, 0) is 0 Å². The van der Waals surface area contributed by atoms with E-state index in [1.807, 2.05) is 37.3 Å². The number of anilines is 1. The van der Waals surface area contributed by atoms with Crippen molar-refractivity contribution in [2.75, 3.05) is 18.0 Å². The van der Waals surface area contributed by atoms with Gasteiger partial charge in [-0.2, -0.15) is 5.10 Å². The molecule has 0 aromatic heterocycles. The van der Waals surface area contributed by atoms with Crippen LogP contribution < -0.4 is 10.3 Å². The average molecular weight is 344 g/mol. The Morgan fingerprint density at radius 3 is 2.42 bits per heavy atom. The Hall–Kier alpha value is -2.33. The molecule has 0 saturated carbocycles. The van der Waals surface area contributed by atoms with Crippen LogP contribution in [-0.4, -0.2) is 25.2 Å². The van der Waals surface area contributed by atoms with Gasteiger partial charge in [0.15, 0.2) is 0 Å². The van der Waals surface area contributed by atoms with Gasteiger partial charge >= 0.3 is 0 Å². The van der Waals surface area contributed by atoms with Crippen LogP contribution in [0, 0.1) is 6.92 Å². The monoisotopic (exact) mass is 343 g/mol. The third-order valence-electron chi connectivity index (χ3n) is 3.77. The fourth-order valence-corrected chi connectivity index (χ4v) is 2.71. The lowest BCUT2D eigenvalue weighted by atomic mass is 10.1. The van der Waals surface area contributed by atoms with E-state index in [2.05, 4.69) is 29.3 Å². The van der Waals surface area contributed by atoms with Crippen LogP contribution >= 0.6 is 11.6 Å². The lowest BCUT2D eigenvalue weighted by molar-refractivity contribution is 0.0955. The topological polar surface area (TPSA) is 44.7 Å². The number of nitrogens with one attached hydrogen (secondary N) is 1. The SMILES string of the molecule is CCN(CC)c1ccc(/C=N\NC(=O)c2ccc(C)cc2Cl)cc1. The lowest BCUT2D eigenvalue weighted by Crippen LogP contribution is -2.21. The Labute approximate surface area is 148 Å². The number of hydrogen-bond donors (Lipinski definition) is 1. The first-order valence-corrected chi connectivity index (χ1v) is 8.37. The van der Waals surface area contributed by atoms with Crippen molar-refractivity contribution in [2.45, 2.75) is 20.8 Å². The van der Waals surface area contributed by atoms with Crippen molar-refractivity contribution in [1.29, 1.82) is 0 Å². The van der Waals surface area contributed by atoms with Crippen molar-refractivity contribution < 1.29 is 4.79 Å². The van der Waals surface area contributed by atoms with Crippen molar-refractivity contribution in [1.82, 2.24) is 5.43 Å². The van der Waals surface area contributed by atoms with Crippen LogP contribution in [0.2, 0.25) is 5.02 Å². The minimum Gasteiger partial charge on any atom is -0.372 e. The fraction of sp³-hybridized carbons (Fsp3) is 0.263. The molecule has 0 saturated heterocycles. The third kappa shape index (κ3) is 4.59. The summed E-state index contributed by atoms with van der Waals surface area (Å²) in [7, 11) is 0. The molecule has 2 aromatic carbocycles. The molecule has 1 N–H and O–H groups in total. The van der Waals surface area contributed by atoms with Crippen molar-refractivity contribution in [3.63, 3.8) is 0 Å². The van der Waals surface area contributed by atoms with Crippen LogP contribution in [0.3, 0.4) is 0 Å². The molecule has 0 unspecified atom stereocenters. The van der Waals surface area contributed by atoms with E-state index in [9.17, 15) is 4.79 Å². The van der Waals surface area contributed by atoms with Gasteiger partial charge in [0, 0.05) is 18.8 Å². The van der Waals surface area contributed by atoms with Crippen LogP contribution in [0.25, 0.3) is 0 Å². The normalized spacial score (nSPS) is 10.8. The zero-order valence-corrected chi connectivity index (χ0v) is 15.0. The molecular weight excluding hydrogens is 322 g/mol. The van der Waals surface area contributed by atoms with E-state index in [0.29, 0.717) is 10.6 Å². The average Bonchev–Trinajstić information content (AvgIpc) is 2.57. The molecule has 5 heteroatoms. The number of hydrogen-bond acceptors (Lipinski definition) is 3. The number of nitrogens with zero attached hydrogens (tertiary/aromatic N) is 2. The van der Waals surface area contributed by atoms with Crippen molar-refractivity contribution >= 4 is 29.4 Å². The molecular formula is C19H22ClN3O. The summed E-state index contributed by atoms with van der Waals surface area (Å²) >= 11 is 6.08. The van der Waals surface area contributed by atoms with Gasteiger partial charge in [0.05, 0.1) is 16.8 Å². The van der Waals surface area contributed by atoms with E-state index in [1.54, 1.807) is 18.3 Å². The Balaban J connectivity index is 1.99. The van der Waals surface area contributed by atoms with Gasteiger partial charge in [-0.05, 0) is 56.2 Å². The van der Waals surface area contributed by atoms with Gasteiger partial charge < -0.3 is 4.90 Å². The van der Waals surface area contributed by atoms with E-state index in [1.165, 1.54) is 5.69 Å². The maximum absolute atomic E-state index is 12.1. The van der Waals surface area contributed by atoms with Gasteiger partial charge in [-0.1, -0.05) is 29.8 Å². The predicted molar refractivity (Wildman–Crippen MR) is 101 cm³/mol. The standard InChI is InChI=1S/C19H22ClN3O/c1-4-23(5-2)16-9-7-15(8-10-16)13-21-22-19(24)17-11-6-14(3)12-18(17)20/h6-13H,4-5H2,1-3H3,(H,22,24)/b21-13-. The van der Waals surface area contributed by atoms with Gasteiger partial charge in [0.25, 0.3) is 5.91 Å². The number of carbonyl (C=O) groups excluding carboxylic acids is 1. The molecule has 0 spiro atoms. The molecule has 0 radical (unpaired) electrons. The number of amides is 1. The summed E-state index contributed by atoms with van der Waals surface area (Å²) in [6, 6.07) is 13.3. The summed E-state index contributed by atoms with van der Waals surface area (Å²) in [6.45, 7) is 8.12. The second-order valence-electron chi connectivity index (χ2n) is 5.45. The van der Waals surface area contributed by atoms with Crippen molar-refractivity contribution in [3.8, 4) is 0 Å². The van der Waals surface area contributed by atoms with Crippen LogP contribution in [0.1, 0.15) is 35.3 Å². The zero-order chi connectivity index (χ0) is 17.5. The Kier molecular flexibility index (Phi) is 6.38. The number of aryl methyl sites for hydroxylation is 1. The van der Waals surface area contributed by atoms with Gasteiger partial charge in [-0.15, -0.1) is 0 Å². The van der Waals surface area contributed by atoms with Crippen LogP contribution in [0.5, 0.6) is 0 Å². The predicted octanol–water partition coefficient (Wildman–Crippen LogP) is 4.26. The molecule has 0 heterocycles. The maximum atomic E-state index is 12.1. The number of carbonyl (C=O) groups is 1. The molecule has 0 aliphatic carbocycles. The van der Waals surface area contributed by atoms with Crippen LogP contribution in [0.15, 0.2) is 47.6 Å². The van der Waals surface area contributed by atoms with Crippen molar-refractivity contribution in [2.24, 2.45) is 5.10 Å². The molecule has 24 heavy (non-hydrogen) atoms. The second kappa shape index (κ2) is 8.50. The summed E-state index contributed by atoms with van der Waals surface area (Å²) in [5.41, 5.74) is 6.02. The zero-order valence-electron chi connectivity index (χ0n) is 14.2. The molecule has 2 rings (SSSR count). The second-order valence-corrected chi connectivity index (χ2v) is 5.85. The van der Waals surface area contributed by atoms with Gasteiger partial charge in [-0.25, -0.2) is 5.43 Å². The van der Waals surface area contributed by atoms with Gasteiger partial charge in [0.1, 0.15) is 0 Å². The highest BCUT2D eigenvalue weighted by molar-refractivity contribution is 6.33. The fourth-order valence-electron chi connectivity index (χ4n) is 2.39. The Morgan fingerprint density at radius 2 is 1.83 bits per heavy atom. The quantitative estimate of drug-likeness (QED) is 0.629. The highest BCUT2D eigenvalue weighted by Gasteiger charge is 2.09. The van der Waals surface area contributed by atoms with E-state index in [-0.39, 0.29) is 5.91 Å². The largest absolute Gasteiger partial charge is 0.372 e. The van der Waals surface area contributed by atoms with E-state index < -0.39 is 0 Å². The molecule has 0 aliphatic heterocycles. The summed E-state index contributed by atoms with van der Waals surface area (Å²) in [5.74, 6) is -0.323. The molecule has 2 aromatic rings. The lowest BCUT2D eigenvalue weighted by Gasteiger charge is -2.20. The highest BCUT2D eigenvalue weighted by Crippen LogP contribution is 2.17. The van der Waals surface area contributed by atoms with E-state index >= 15 is 0 Å². The number of rotatable bonds is 6. The Bertz CT molecular complexity index is 722. The maximum Gasteiger partial charge on any atom is 0.272 e. The first-order chi connectivity index (χ1) is 11.5. The first-order valence-electron chi connectivity index (χ1n) is 7.99. The summed E-state index contributed by atoms with van der Waals surface area (Å²) in [4.78, 5) is 14.3. The molecule has 4 nitrogen and oxygen atoms in total. The minimum absolute atomic E-state index is 0.323. The first kappa shape index (κ1) is 18.0. The molecule has 0 atom stereocenters. The van der Waals surface area contributed by atoms with Crippen molar-refractivity contribution in [3.05, 3.63) is 64.2 Å². The van der Waals surface area contributed by atoms with E-state index in [4.69, 9.17) is 11.6 Å². The molecule has 0 fully saturated rings. The third-order valence-corrected chi connectivity index (χ3v) is 4.08. The number of halogens is 1. The summed E-state index contributed by atoms with van der Waals surface area (Å²) < 4.78 is 0. The smallest absolute Gasteiger partial charge is 0.272 e. The molecule has 0 aliphatic rings. The summed E-state index contributed by atoms with van der Waals surface area (Å²) in [5, 5.41) is 4.42. The molecule has 1 amide bonds. The van der Waals surface area contributed by atoms with E-state index in [0.717, 1.165) is 24.2 Å². The number of hydrazone groups is 1. The molecule has 0 bridgehead atoms. The Morgan fingerprint density at radius 1 is 1.17 bits per heavy atom. The van der Waals surface area contributed by atoms with Gasteiger partial charge in [-0.3, -0.25) is 4.79 Å². The highest BCUT2D eigenvalue weighted by atomic mass is 35.5. The molecule has 126 valence electrons. The summed E-state index contributed by atoms with van der Waals surface area (Å²) in [6.07, 6.45) is 1.62. The minimum atomic E-state index is -0.323. The van der Waals surface area contributed by atoms with Crippen LogP contribution in [0.4, 0.5) is 5.69 Å². The van der Waals surface area contributed by atoms with Gasteiger partial charge in [0.2, 0.25) is 0 Å².